The standard InChI is InChI=1S/C16H18FN7O/c17-13-3-1-12(2-4-13)14(23-7-9-25-10-8-23)11-18-15-5-6-16-19-21-22-24(16)20-15/h1-6,14H,7-11H2,(H,18,20). The summed E-state index contributed by atoms with van der Waals surface area (Å²) < 4.78 is 20.1. The molecule has 25 heavy (non-hydrogen) atoms. The Labute approximate surface area is 143 Å². The number of nitrogens with zero attached hydrogens (tertiary/aromatic N) is 6. The molecule has 8 nitrogen and oxygen atoms in total. The highest BCUT2D eigenvalue weighted by atomic mass is 19.1. The van der Waals surface area contributed by atoms with Gasteiger partial charge in [-0.15, -0.1) is 14.8 Å². The van der Waals surface area contributed by atoms with Crippen molar-refractivity contribution in [2.24, 2.45) is 0 Å². The smallest absolute Gasteiger partial charge is 0.200 e. The van der Waals surface area contributed by atoms with Crippen LogP contribution in [0.15, 0.2) is 36.4 Å². The summed E-state index contributed by atoms with van der Waals surface area (Å²) in [7, 11) is 0. The Morgan fingerprint density at radius 1 is 1.12 bits per heavy atom. The summed E-state index contributed by atoms with van der Waals surface area (Å²) in [5.41, 5.74) is 1.65. The van der Waals surface area contributed by atoms with E-state index in [0.717, 1.165) is 18.7 Å². The molecule has 3 aromatic rings. The van der Waals surface area contributed by atoms with Crippen molar-refractivity contribution in [1.82, 2.24) is 30.2 Å². The monoisotopic (exact) mass is 343 g/mol. The lowest BCUT2D eigenvalue weighted by atomic mass is 10.0. The Bertz CT molecular complexity index is 832. The molecule has 1 aromatic carbocycles. The van der Waals surface area contributed by atoms with Crippen LogP contribution in [0.2, 0.25) is 0 Å². The minimum Gasteiger partial charge on any atom is -0.379 e. The number of tetrazole rings is 1. The van der Waals surface area contributed by atoms with Gasteiger partial charge in [-0.3, -0.25) is 4.90 Å². The first-order chi connectivity index (χ1) is 12.3. The van der Waals surface area contributed by atoms with E-state index in [9.17, 15) is 4.39 Å². The van der Waals surface area contributed by atoms with Gasteiger partial charge in [0.2, 0.25) is 0 Å². The number of fused-ring (bicyclic) bond motifs is 1. The number of halogens is 1. The second-order valence-electron chi connectivity index (χ2n) is 5.84. The first-order valence-corrected chi connectivity index (χ1v) is 8.16. The minimum absolute atomic E-state index is 0.0934. The molecule has 1 aliphatic heterocycles. The van der Waals surface area contributed by atoms with E-state index in [4.69, 9.17) is 4.74 Å². The summed E-state index contributed by atoms with van der Waals surface area (Å²) in [6.45, 7) is 3.71. The van der Waals surface area contributed by atoms with Crippen LogP contribution in [0.25, 0.3) is 5.65 Å². The Balaban J connectivity index is 1.53. The molecule has 1 N–H and O–H groups in total. The molecule has 3 heterocycles. The highest BCUT2D eigenvalue weighted by Gasteiger charge is 2.22. The van der Waals surface area contributed by atoms with Crippen molar-refractivity contribution in [3.8, 4) is 0 Å². The number of ether oxygens (including phenoxy) is 1. The van der Waals surface area contributed by atoms with Crippen LogP contribution in [-0.2, 0) is 4.74 Å². The van der Waals surface area contributed by atoms with Crippen molar-refractivity contribution in [1.29, 1.82) is 0 Å². The zero-order chi connectivity index (χ0) is 17.1. The van der Waals surface area contributed by atoms with Gasteiger partial charge in [0.1, 0.15) is 11.6 Å². The van der Waals surface area contributed by atoms with Crippen molar-refractivity contribution in [3.63, 3.8) is 0 Å². The van der Waals surface area contributed by atoms with Crippen LogP contribution < -0.4 is 5.32 Å². The quantitative estimate of drug-likeness (QED) is 0.744. The molecule has 1 aliphatic rings. The third-order valence-corrected chi connectivity index (χ3v) is 4.29. The molecule has 9 heteroatoms. The van der Waals surface area contributed by atoms with Gasteiger partial charge in [-0.2, -0.15) is 0 Å². The molecule has 0 bridgehead atoms. The molecule has 4 rings (SSSR count). The van der Waals surface area contributed by atoms with Crippen LogP contribution in [0.3, 0.4) is 0 Å². The second-order valence-corrected chi connectivity index (χ2v) is 5.84. The third kappa shape index (κ3) is 3.57. The van der Waals surface area contributed by atoms with Crippen LogP contribution in [0.1, 0.15) is 11.6 Å². The van der Waals surface area contributed by atoms with E-state index in [1.54, 1.807) is 6.07 Å². The zero-order valence-electron chi connectivity index (χ0n) is 13.5. The topological polar surface area (TPSA) is 80.5 Å². The van der Waals surface area contributed by atoms with Gasteiger partial charge in [0, 0.05) is 19.6 Å². The number of benzene rings is 1. The highest BCUT2D eigenvalue weighted by Crippen LogP contribution is 2.23. The van der Waals surface area contributed by atoms with Gasteiger partial charge in [-0.1, -0.05) is 12.1 Å². The lowest BCUT2D eigenvalue weighted by Gasteiger charge is -2.35. The fourth-order valence-corrected chi connectivity index (χ4v) is 2.98. The van der Waals surface area contributed by atoms with E-state index < -0.39 is 0 Å². The number of aromatic nitrogens is 5. The highest BCUT2D eigenvalue weighted by molar-refractivity contribution is 5.42. The Morgan fingerprint density at radius 3 is 2.72 bits per heavy atom. The summed E-state index contributed by atoms with van der Waals surface area (Å²) >= 11 is 0. The van der Waals surface area contributed by atoms with Crippen molar-refractivity contribution in [3.05, 3.63) is 47.8 Å². The van der Waals surface area contributed by atoms with Gasteiger partial charge in [-0.05, 0) is 40.3 Å². The molecule has 0 amide bonds. The molecule has 130 valence electrons. The SMILES string of the molecule is Fc1ccc(C(CNc2ccc3nnnn3n2)N2CCOCC2)cc1. The van der Waals surface area contributed by atoms with E-state index in [0.29, 0.717) is 31.2 Å². The fourth-order valence-electron chi connectivity index (χ4n) is 2.98. The Morgan fingerprint density at radius 2 is 1.92 bits per heavy atom. The van der Waals surface area contributed by atoms with Crippen molar-refractivity contribution in [2.75, 3.05) is 38.2 Å². The predicted molar refractivity (Wildman–Crippen MR) is 88.6 cm³/mol. The fraction of sp³-hybridized carbons (Fsp3) is 0.375. The predicted octanol–water partition coefficient (Wildman–Crippen LogP) is 1.14. The van der Waals surface area contributed by atoms with E-state index in [-0.39, 0.29) is 11.9 Å². The zero-order valence-corrected chi connectivity index (χ0v) is 13.5. The molecule has 2 aromatic heterocycles. The van der Waals surface area contributed by atoms with Crippen LogP contribution in [-0.4, -0.2) is 63.0 Å². The van der Waals surface area contributed by atoms with Crippen LogP contribution >= 0.6 is 0 Å². The van der Waals surface area contributed by atoms with Gasteiger partial charge >= 0.3 is 0 Å². The van der Waals surface area contributed by atoms with Crippen molar-refractivity contribution >= 4 is 11.5 Å². The molecular formula is C16H18FN7O. The second kappa shape index (κ2) is 7.08. The number of morpholine rings is 1. The lowest BCUT2D eigenvalue weighted by Crippen LogP contribution is -2.41. The summed E-state index contributed by atoms with van der Waals surface area (Å²) in [5, 5.41) is 18.9. The van der Waals surface area contributed by atoms with E-state index >= 15 is 0 Å². The van der Waals surface area contributed by atoms with E-state index in [2.05, 4.69) is 30.8 Å². The van der Waals surface area contributed by atoms with Gasteiger partial charge in [0.25, 0.3) is 0 Å². The number of hydrogen-bond donors (Lipinski definition) is 1. The van der Waals surface area contributed by atoms with Crippen molar-refractivity contribution in [2.45, 2.75) is 6.04 Å². The average Bonchev–Trinajstić information content (AvgIpc) is 3.12. The Kier molecular flexibility index (Phi) is 4.49. The summed E-state index contributed by atoms with van der Waals surface area (Å²) in [4.78, 5) is 2.33. The lowest BCUT2D eigenvalue weighted by molar-refractivity contribution is 0.0187. The summed E-state index contributed by atoms with van der Waals surface area (Å²) in [6, 6.07) is 10.4. The maximum absolute atomic E-state index is 13.3. The molecule has 1 atom stereocenters. The van der Waals surface area contributed by atoms with E-state index in [1.165, 1.54) is 16.8 Å². The van der Waals surface area contributed by atoms with E-state index in [1.807, 2.05) is 18.2 Å². The van der Waals surface area contributed by atoms with Crippen LogP contribution in [0.4, 0.5) is 10.2 Å². The van der Waals surface area contributed by atoms with Gasteiger partial charge in [-0.25, -0.2) is 4.39 Å². The largest absolute Gasteiger partial charge is 0.379 e. The molecule has 0 saturated carbocycles. The molecule has 1 fully saturated rings. The molecular weight excluding hydrogens is 325 g/mol. The normalized spacial score (nSPS) is 16.8. The number of hydrogen-bond acceptors (Lipinski definition) is 7. The van der Waals surface area contributed by atoms with Gasteiger partial charge in [0.15, 0.2) is 5.65 Å². The average molecular weight is 343 g/mol. The maximum Gasteiger partial charge on any atom is 0.200 e. The van der Waals surface area contributed by atoms with Crippen LogP contribution in [0, 0.1) is 5.82 Å². The minimum atomic E-state index is -0.233. The van der Waals surface area contributed by atoms with Gasteiger partial charge in [0.05, 0.1) is 19.3 Å². The molecule has 1 unspecified atom stereocenters. The molecule has 0 radical (unpaired) electrons. The number of nitrogens with one attached hydrogen (secondary N) is 1. The van der Waals surface area contributed by atoms with Gasteiger partial charge < -0.3 is 10.1 Å². The number of anilines is 1. The molecule has 0 spiro atoms. The first-order valence-electron chi connectivity index (χ1n) is 8.16. The third-order valence-electron chi connectivity index (χ3n) is 4.29. The van der Waals surface area contributed by atoms with Crippen LogP contribution in [0.5, 0.6) is 0 Å². The Hall–Kier alpha value is -2.65. The molecule has 0 aliphatic carbocycles. The summed E-state index contributed by atoms with van der Waals surface area (Å²) in [6.07, 6.45) is 0. The summed E-state index contributed by atoms with van der Waals surface area (Å²) in [5.74, 6) is 0.448. The maximum atomic E-state index is 13.3. The molecule has 1 saturated heterocycles. The number of rotatable bonds is 5. The first kappa shape index (κ1) is 15.9. The van der Waals surface area contributed by atoms with Crippen molar-refractivity contribution < 1.29 is 9.13 Å².